The normalized spacial score (nSPS) is 20.4. The average Bonchev–Trinajstić information content (AvgIpc) is 2.65. The molecular weight excluding hydrogens is 413 g/mol. The number of hydrogen-bond acceptors (Lipinski definition) is 4. The molecule has 0 N–H and O–H groups in total. The SMILES string of the molecule is COC(=O)CC(B1OC(C)(C)C(C)(C)O1)c1c(F)cccc1I. The molecule has 1 aliphatic rings. The van der Waals surface area contributed by atoms with Crippen molar-refractivity contribution in [1.82, 2.24) is 0 Å². The van der Waals surface area contributed by atoms with E-state index in [2.05, 4.69) is 22.6 Å². The molecular formula is C16H21BFIO4. The molecule has 23 heavy (non-hydrogen) atoms. The first-order valence-corrected chi connectivity index (χ1v) is 8.53. The predicted octanol–water partition coefficient (Wildman–Crippen LogP) is 3.71. The fraction of sp³-hybridized carbons (Fsp3) is 0.562. The number of benzene rings is 1. The minimum Gasteiger partial charge on any atom is -0.469 e. The molecule has 1 saturated heterocycles. The number of esters is 1. The molecule has 0 saturated carbocycles. The van der Waals surface area contributed by atoms with Gasteiger partial charge < -0.3 is 14.0 Å². The topological polar surface area (TPSA) is 44.8 Å². The van der Waals surface area contributed by atoms with Crippen LogP contribution in [0.4, 0.5) is 4.39 Å². The van der Waals surface area contributed by atoms with Crippen LogP contribution in [0.1, 0.15) is 45.5 Å². The summed E-state index contributed by atoms with van der Waals surface area (Å²) in [4.78, 5) is 11.8. The van der Waals surface area contributed by atoms with E-state index in [4.69, 9.17) is 14.0 Å². The lowest BCUT2D eigenvalue weighted by atomic mass is 9.66. The van der Waals surface area contributed by atoms with Crippen LogP contribution in [0.25, 0.3) is 0 Å². The number of rotatable bonds is 4. The summed E-state index contributed by atoms with van der Waals surface area (Å²) >= 11 is 2.06. The molecule has 2 rings (SSSR count). The molecule has 0 spiro atoms. The molecule has 126 valence electrons. The molecule has 1 atom stereocenters. The zero-order chi connectivity index (χ0) is 17.4. The van der Waals surface area contributed by atoms with Crippen LogP contribution >= 0.6 is 22.6 Å². The Morgan fingerprint density at radius 1 is 1.30 bits per heavy atom. The summed E-state index contributed by atoms with van der Waals surface area (Å²) in [5, 5.41) is 0. The summed E-state index contributed by atoms with van der Waals surface area (Å²) in [5.41, 5.74) is -0.678. The van der Waals surface area contributed by atoms with E-state index in [1.165, 1.54) is 13.2 Å². The molecule has 0 bridgehead atoms. The van der Waals surface area contributed by atoms with Crippen molar-refractivity contribution < 1.29 is 23.2 Å². The van der Waals surface area contributed by atoms with Gasteiger partial charge in [-0.2, -0.15) is 0 Å². The van der Waals surface area contributed by atoms with Gasteiger partial charge in [0.05, 0.1) is 24.7 Å². The van der Waals surface area contributed by atoms with Crippen LogP contribution in [0, 0.1) is 9.39 Å². The standard InChI is InChI=1S/C16H21BFIO4/c1-15(2)16(3,4)23-17(22-15)10(9-13(20)21-5)14-11(18)7-6-8-12(14)19/h6-8,10H,9H2,1-5H3. The Kier molecular flexibility index (Phi) is 5.42. The highest BCUT2D eigenvalue weighted by Crippen LogP contribution is 2.43. The highest BCUT2D eigenvalue weighted by atomic mass is 127. The monoisotopic (exact) mass is 434 g/mol. The van der Waals surface area contributed by atoms with Gasteiger partial charge in [0.1, 0.15) is 5.82 Å². The Hall–Kier alpha value is -0.665. The van der Waals surface area contributed by atoms with E-state index in [1.54, 1.807) is 12.1 Å². The van der Waals surface area contributed by atoms with E-state index in [-0.39, 0.29) is 12.2 Å². The molecule has 1 aromatic carbocycles. The van der Waals surface area contributed by atoms with E-state index in [0.717, 1.165) is 3.57 Å². The number of halogens is 2. The first-order chi connectivity index (χ1) is 10.6. The van der Waals surface area contributed by atoms with Crippen molar-refractivity contribution in [1.29, 1.82) is 0 Å². The summed E-state index contributed by atoms with van der Waals surface area (Å²) in [6.07, 6.45) is -0.00966. The predicted molar refractivity (Wildman–Crippen MR) is 94.6 cm³/mol. The van der Waals surface area contributed by atoms with Gasteiger partial charge in [-0.05, 0) is 62.4 Å². The molecule has 1 heterocycles. The molecule has 7 heteroatoms. The van der Waals surface area contributed by atoms with Crippen molar-refractivity contribution in [3.05, 3.63) is 33.1 Å². The zero-order valence-corrected chi connectivity index (χ0v) is 16.1. The van der Waals surface area contributed by atoms with Gasteiger partial charge in [0.2, 0.25) is 0 Å². The van der Waals surface area contributed by atoms with Crippen molar-refractivity contribution in [2.24, 2.45) is 0 Å². The van der Waals surface area contributed by atoms with E-state index in [9.17, 15) is 9.18 Å². The second kappa shape index (κ2) is 6.68. The van der Waals surface area contributed by atoms with Crippen LogP contribution in [0.5, 0.6) is 0 Å². The molecule has 1 aliphatic heterocycles. The van der Waals surface area contributed by atoms with Gasteiger partial charge in [0.25, 0.3) is 0 Å². The summed E-state index contributed by atoms with van der Waals surface area (Å²) in [7, 11) is 0.597. The van der Waals surface area contributed by atoms with E-state index in [1.807, 2.05) is 27.7 Å². The van der Waals surface area contributed by atoms with Crippen molar-refractivity contribution in [3.8, 4) is 0 Å². The molecule has 1 unspecified atom stereocenters. The fourth-order valence-electron chi connectivity index (χ4n) is 2.52. The second-order valence-corrected chi connectivity index (χ2v) is 7.81. The van der Waals surface area contributed by atoms with Gasteiger partial charge in [0.15, 0.2) is 0 Å². The zero-order valence-electron chi connectivity index (χ0n) is 14.0. The third kappa shape index (κ3) is 3.72. The minimum absolute atomic E-state index is 0.00966. The first-order valence-electron chi connectivity index (χ1n) is 7.45. The van der Waals surface area contributed by atoms with Crippen LogP contribution in [0.15, 0.2) is 18.2 Å². The Morgan fingerprint density at radius 3 is 2.35 bits per heavy atom. The first kappa shape index (κ1) is 18.7. The number of ether oxygens (including phenoxy) is 1. The minimum atomic E-state index is -0.718. The Labute approximate surface area is 150 Å². The maximum absolute atomic E-state index is 14.4. The van der Waals surface area contributed by atoms with E-state index >= 15 is 0 Å². The van der Waals surface area contributed by atoms with Crippen LogP contribution in [0.3, 0.4) is 0 Å². The van der Waals surface area contributed by atoms with Gasteiger partial charge in [0, 0.05) is 15.0 Å². The summed E-state index contributed by atoms with van der Waals surface area (Å²) < 4.78 is 32.0. The molecule has 1 aromatic rings. The molecule has 0 amide bonds. The van der Waals surface area contributed by atoms with Crippen LogP contribution in [-0.4, -0.2) is 31.4 Å². The van der Waals surface area contributed by atoms with Crippen LogP contribution < -0.4 is 0 Å². The molecule has 0 radical (unpaired) electrons. The Morgan fingerprint density at radius 2 is 1.87 bits per heavy atom. The van der Waals surface area contributed by atoms with Crippen LogP contribution in [-0.2, 0) is 18.8 Å². The Bertz CT molecular complexity index is 569. The highest BCUT2D eigenvalue weighted by molar-refractivity contribution is 14.1. The third-order valence-electron chi connectivity index (χ3n) is 4.58. The quantitative estimate of drug-likeness (QED) is 0.412. The second-order valence-electron chi connectivity index (χ2n) is 6.65. The van der Waals surface area contributed by atoms with Crippen LogP contribution in [0.2, 0.25) is 0 Å². The largest absolute Gasteiger partial charge is 0.469 e. The average molecular weight is 434 g/mol. The van der Waals surface area contributed by atoms with Gasteiger partial charge in [-0.25, -0.2) is 4.39 Å². The maximum atomic E-state index is 14.4. The lowest BCUT2D eigenvalue weighted by Crippen LogP contribution is -2.41. The molecule has 0 aliphatic carbocycles. The molecule has 0 aromatic heterocycles. The van der Waals surface area contributed by atoms with Gasteiger partial charge in [-0.1, -0.05) is 6.07 Å². The Balaban J connectivity index is 2.42. The van der Waals surface area contributed by atoms with Crippen molar-refractivity contribution in [3.63, 3.8) is 0 Å². The third-order valence-corrected chi connectivity index (χ3v) is 5.53. The number of carbonyl (C=O) groups excluding carboxylic acids is 1. The molecule has 4 nitrogen and oxygen atoms in total. The summed E-state index contributed by atoms with van der Waals surface area (Å²) in [6, 6.07) is 4.82. The molecule has 1 fully saturated rings. The summed E-state index contributed by atoms with van der Waals surface area (Å²) in [6.45, 7) is 7.70. The smallest absolute Gasteiger partial charge is 0.466 e. The lowest BCUT2D eigenvalue weighted by Gasteiger charge is -2.32. The van der Waals surface area contributed by atoms with E-state index in [0.29, 0.717) is 5.56 Å². The fourth-order valence-corrected chi connectivity index (χ4v) is 3.38. The lowest BCUT2D eigenvalue weighted by molar-refractivity contribution is -0.140. The number of methoxy groups -OCH3 is 1. The van der Waals surface area contributed by atoms with Gasteiger partial charge >= 0.3 is 13.1 Å². The van der Waals surface area contributed by atoms with Crippen molar-refractivity contribution >= 4 is 35.7 Å². The maximum Gasteiger partial charge on any atom is 0.466 e. The van der Waals surface area contributed by atoms with Crippen molar-refractivity contribution in [2.45, 2.75) is 51.1 Å². The summed E-state index contributed by atoms with van der Waals surface area (Å²) in [5.74, 6) is -1.37. The highest BCUT2D eigenvalue weighted by Gasteiger charge is 2.55. The van der Waals surface area contributed by atoms with Crippen molar-refractivity contribution in [2.75, 3.05) is 7.11 Å². The van der Waals surface area contributed by atoms with E-state index < -0.39 is 30.1 Å². The van der Waals surface area contributed by atoms with Gasteiger partial charge in [-0.15, -0.1) is 0 Å². The number of hydrogen-bond donors (Lipinski definition) is 0. The van der Waals surface area contributed by atoms with Gasteiger partial charge in [-0.3, -0.25) is 4.79 Å². The number of carbonyl (C=O) groups is 1.